The van der Waals surface area contributed by atoms with E-state index in [9.17, 15) is 4.79 Å². The Morgan fingerprint density at radius 3 is 2.68 bits per heavy atom. The number of aromatic nitrogens is 1. The third-order valence-electron chi connectivity index (χ3n) is 3.44. The van der Waals surface area contributed by atoms with Crippen molar-refractivity contribution in [2.24, 2.45) is 0 Å². The predicted octanol–water partition coefficient (Wildman–Crippen LogP) is 3.61. The van der Waals surface area contributed by atoms with Crippen LogP contribution in [-0.2, 0) is 4.79 Å². The smallest absolute Gasteiger partial charge is 0.271 e. The van der Waals surface area contributed by atoms with E-state index >= 15 is 0 Å². The molecule has 6 heteroatoms. The van der Waals surface area contributed by atoms with Gasteiger partial charge < -0.3 is 14.6 Å². The van der Waals surface area contributed by atoms with Crippen LogP contribution in [0.5, 0.6) is 5.75 Å². The highest BCUT2D eigenvalue weighted by atomic mass is 16.5. The summed E-state index contributed by atoms with van der Waals surface area (Å²) in [6, 6.07) is 19.4. The number of nitrogens with one attached hydrogen (secondary N) is 1. The second-order valence-corrected chi connectivity index (χ2v) is 5.36. The average molecular weight is 333 g/mol. The third kappa shape index (κ3) is 4.03. The van der Waals surface area contributed by atoms with Crippen molar-refractivity contribution in [2.75, 3.05) is 5.32 Å². The molecule has 1 amide bonds. The molecule has 1 heterocycles. The van der Waals surface area contributed by atoms with Gasteiger partial charge in [-0.1, -0.05) is 41.6 Å². The largest absolute Gasteiger partial charge is 0.476 e. The molecule has 0 saturated heterocycles. The maximum absolute atomic E-state index is 12.7. The molecule has 124 valence electrons. The van der Waals surface area contributed by atoms with Gasteiger partial charge in [-0.2, -0.15) is 5.26 Å². The summed E-state index contributed by atoms with van der Waals surface area (Å²) in [5.74, 6) is 0.952. The van der Waals surface area contributed by atoms with Gasteiger partial charge in [0.15, 0.2) is 5.82 Å². The summed E-state index contributed by atoms with van der Waals surface area (Å²) in [5.41, 5.74) is 1.14. The van der Waals surface area contributed by atoms with E-state index in [4.69, 9.17) is 14.5 Å². The molecule has 0 saturated carbocycles. The highest BCUT2D eigenvalue weighted by Gasteiger charge is 2.24. The molecule has 25 heavy (non-hydrogen) atoms. The van der Waals surface area contributed by atoms with E-state index < -0.39 is 6.10 Å². The van der Waals surface area contributed by atoms with E-state index in [1.807, 2.05) is 24.3 Å². The first-order valence-corrected chi connectivity index (χ1v) is 7.61. The standard InChI is InChI=1S/C19H15N3O3/c1-13-10-17(22-25-13)21-19(23)18(15-7-3-2-4-8-15)24-16-9-5-6-14(11-16)12-20/h2-11,18H,1H3,(H,21,22,23)/t18-/m1/s1. The van der Waals surface area contributed by atoms with Crippen LogP contribution in [0.25, 0.3) is 0 Å². The molecule has 2 aromatic carbocycles. The van der Waals surface area contributed by atoms with Gasteiger partial charge in [0.1, 0.15) is 11.5 Å². The number of hydrogen-bond donors (Lipinski definition) is 1. The third-order valence-corrected chi connectivity index (χ3v) is 3.44. The van der Waals surface area contributed by atoms with E-state index in [-0.39, 0.29) is 5.91 Å². The number of nitriles is 1. The van der Waals surface area contributed by atoms with Gasteiger partial charge in [0.2, 0.25) is 6.10 Å². The minimum atomic E-state index is -0.896. The Labute approximate surface area is 144 Å². The van der Waals surface area contributed by atoms with Gasteiger partial charge in [-0.15, -0.1) is 0 Å². The Bertz CT molecular complexity index is 913. The second kappa shape index (κ2) is 7.32. The molecule has 0 bridgehead atoms. The topological polar surface area (TPSA) is 88.1 Å². The summed E-state index contributed by atoms with van der Waals surface area (Å²) in [6.07, 6.45) is -0.896. The molecule has 0 radical (unpaired) electrons. The van der Waals surface area contributed by atoms with Crippen molar-refractivity contribution in [1.82, 2.24) is 5.16 Å². The summed E-state index contributed by atoms with van der Waals surface area (Å²) >= 11 is 0. The molecule has 0 unspecified atom stereocenters. The maximum Gasteiger partial charge on any atom is 0.271 e. The van der Waals surface area contributed by atoms with Crippen LogP contribution in [0, 0.1) is 18.3 Å². The molecule has 0 aliphatic carbocycles. The first kappa shape index (κ1) is 16.3. The van der Waals surface area contributed by atoms with Crippen molar-refractivity contribution in [3.05, 3.63) is 77.6 Å². The molecule has 1 atom stereocenters. The number of benzene rings is 2. The summed E-state index contributed by atoms with van der Waals surface area (Å²) in [7, 11) is 0. The van der Waals surface area contributed by atoms with E-state index in [0.29, 0.717) is 28.5 Å². The normalized spacial score (nSPS) is 11.4. The van der Waals surface area contributed by atoms with Crippen LogP contribution in [0.15, 0.2) is 65.2 Å². The molecule has 6 nitrogen and oxygen atoms in total. The number of ether oxygens (including phenoxy) is 1. The molecular weight excluding hydrogens is 318 g/mol. The van der Waals surface area contributed by atoms with Crippen LogP contribution in [0.3, 0.4) is 0 Å². The van der Waals surface area contributed by atoms with Gasteiger partial charge in [0, 0.05) is 11.6 Å². The number of anilines is 1. The average Bonchev–Trinajstić information content (AvgIpc) is 3.05. The lowest BCUT2D eigenvalue weighted by Gasteiger charge is -2.18. The van der Waals surface area contributed by atoms with Crippen molar-refractivity contribution < 1.29 is 14.1 Å². The Morgan fingerprint density at radius 2 is 2.00 bits per heavy atom. The van der Waals surface area contributed by atoms with Crippen molar-refractivity contribution in [3.63, 3.8) is 0 Å². The highest BCUT2D eigenvalue weighted by molar-refractivity contribution is 5.94. The van der Waals surface area contributed by atoms with Gasteiger partial charge >= 0.3 is 0 Å². The van der Waals surface area contributed by atoms with Crippen LogP contribution < -0.4 is 10.1 Å². The van der Waals surface area contributed by atoms with E-state index in [0.717, 1.165) is 0 Å². The fourth-order valence-electron chi connectivity index (χ4n) is 2.29. The fraction of sp³-hybridized carbons (Fsp3) is 0.105. The van der Waals surface area contributed by atoms with Crippen LogP contribution >= 0.6 is 0 Å². The first-order valence-electron chi connectivity index (χ1n) is 7.61. The molecule has 1 N–H and O–H groups in total. The second-order valence-electron chi connectivity index (χ2n) is 5.36. The Kier molecular flexibility index (Phi) is 4.77. The van der Waals surface area contributed by atoms with Gasteiger partial charge in [-0.25, -0.2) is 0 Å². The Hall–Kier alpha value is -3.59. The van der Waals surface area contributed by atoms with E-state index in [2.05, 4.69) is 10.5 Å². The molecule has 3 rings (SSSR count). The number of hydrogen-bond acceptors (Lipinski definition) is 5. The van der Waals surface area contributed by atoms with Crippen LogP contribution in [0.4, 0.5) is 5.82 Å². The number of carbonyl (C=O) groups excluding carboxylic acids is 1. The lowest BCUT2D eigenvalue weighted by atomic mass is 10.1. The van der Waals surface area contributed by atoms with Crippen molar-refractivity contribution in [1.29, 1.82) is 5.26 Å². The van der Waals surface area contributed by atoms with Crippen LogP contribution in [0.2, 0.25) is 0 Å². The minimum Gasteiger partial charge on any atom is -0.476 e. The number of amides is 1. The first-order chi connectivity index (χ1) is 12.2. The summed E-state index contributed by atoms with van der Waals surface area (Å²) in [5, 5.41) is 15.5. The molecule has 0 aliphatic rings. The lowest BCUT2D eigenvalue weighted by Crippen LogP contribution is -2.25. The monoisotopic (exact) mass is 333 g/mol. The zero-order chi connectivity index (χ0) is 17.6. The molecule has 0 spiro atoms. The van der Waals surface area contributed by atoms with Crippen molar-refractivity contribution in [3.8, 4) is 11.8 Å². The quantitative estimate of drug-likeness (QED) is 0.770. The zero-order valence-electron chi connectivity index (χ0n) is 13.5. The summed E-state index contributed by atoms with van der Waals surface area (Å²) < 4.78 is 10.8. The van der Waals surface area contributed by atoms with E-state index in [1.165, 1.54) is 0 Å². The Balaban J connectivity index is 1.87. The fourth-order valence-corrected chi connectivity index (χ4v) is 2.29. The lowest BCUT2D eigenvalue weighted by molar-refractivity contribution is -0.123. The van der Waals surface area contributed by atoms with Gasteiger partial charge in [-0.3, -0.25) is 4.79 Å². The van der Waals surface area contributed by atoms with Gasteiger partial charge in [-0.05, 0) is 25.1 Å². The van der Waals surface area contributed by atoms with Crippen molar-refractivity contribution >= 4 is 11.7 Å². The summed E-state index contributed by atoms with van der Waals surface area (Å²) in [4.78, 5) is 12.7. The number of aryl methyl sites for hydroxylation is 1. The molecule has 1 aromatic heterocycles. The zero-order valence-corrected chi connectivity index (χ0v) is 13.5. The molecule has 0 aliphatic heterocycles. The summed E-state index contributed by atoms with van der Waals surface area (Å²) in [6.45, 7) is 1.74. The maximum atomic E-state index is 12.7. The predicted molar refractivity (Wildman–Crippen MR) is 90.8 cm³/mol. The van der Waals surface area contributed by atoms with E-state index in [1.54, 1.807) is 49.4 Å². The Morgan fingerprint density at radius 1 is 1.20 bits per heavy atom. The van der Waals surface area contributed by atoms with Gasteiger partial charge in [0.05, 0.1) is 11.6 Å². The minimum absolute atomic E-state index is 0.317. The molecule has 3 aromatic rings. The molecular formula is C19H15N3O3. The molecule has 0 fully saturated rings. The van der Waals surface area contributed by atoms with Crippen LogP contribution in [0.1, 0.15) is 23.0 Å². The number of nitrogens with zero attached hydrogens (tertiary/aromatic N) is 2. The van der Waals surface area contributed by atoms with Gasteiger partial charge in [0.25, 0.3) is 5.91 Å². The van der Waals surface area contributed by atoms with Crippen LogP contribution in [-0.4, -0.2) is 11.1 Å². The number of carbonyl (C=O) groups is 1. The van der Waals surface area contributed by atoms with Crippen molar-refractivity contribution in [2.45, 2.75) is 13.0 Å². The SMILES string of the molecule is Cc1cc(NC(=O)[C@H](Oc2cccc(C#N)c2)c2ccccc2)no1. The number of rotatable bonds is 5. The highest BCUT2D eigenvalue weighted by Crippen LogP contribution is 2.24.